The lowest BCUT2D eigenvalue weighted by Crippen LogP contribution is -1.92. The van der Waals surface area contributed by atoms with E-state index in [1.807, 2.05) is 11.3 Å². The summed E-state index contributed by atoms with van der Waals surface area (Å²) in [6.45, 7) is 0. The molecule has 0 saturated carbocycles. The summed E-state index contributed by atoms with van der Waals surface area (Å²) >= 11 is 5.58. The number of thiophene rings is 1. The Balaban J connectivity index is 1.55. The Kier molecular flexibility index (Phi) is 4.23. The van der Waals surface area contributed by atoms with Crippen molar-refractivity contribution >= 4 is 69.2 Å². The number of hydrogen-bond donors (Lipinski definition) is 0. The lowest BCUT2D eigenvalue weighted by Gasteiger charge is -2.08. The largest absolute Gasteiger partial charge is 0.309 e. The molecule has 0 radical (unpaired) electrons. The summed E-state index contributed by atoms with van der Waals surface area (Å²) in [6.07, 6.45) is 0. The summed E-state index contributed by atoms with van der Waals surface area (Å²) in [5.74, 6) is 0. The predicted molar refractivity (Wildman–Crippen MR) is 147 cm³/mol. The molecule has 2 heterocycles. The van der Waals surface area contributed by atoms with E-state index in [9.17, 15) is 0 Å². The van der Waals surface area contributed by atoms with Gasteiger partial charge in [0.1, 0.15) is 0 Å². The van der Waals surface area contributed by atoms with Crippen LogP contribution in [0.1, 0.15) is 0 Å². The van der Waals surface area contributed by atoms with Gasteiger partial charge < -0.3 is 4.57 Å². The highest BCUT2D eigenvalue weighted by Crippen LogP contribution is 2.42. The van der Waals surface area contributed by atoms with E-state index >= 15 is 0 Å². The van der Waals surface area contributed by atoms with Gasteiger partial charge in [-0.05, 0) is 59.7 Å². The summed E-state index contributed by atoms with van der Waals surface area (Å²) in [5, 5.41) is 5.20. The van der Waals surface area contributed by atoms with Crippen LogP contribution >= 0.6 is 27.3 Å². The van der Waals surface area contributed by atoms with Crippen LogP contribution in [0.4, 0.5) is 0 Å². The Morgan fingerprint density at radius 3 is 2.18 bits per heavy atom. The molecule has 7 rings (SSSR count). The molecule has 0 spiro atoms. The van der Waals surface area contributed by atoms with E-state index in [0.717, 1.165) is 4.47 Å². The zero-order valence-corrected chi connectivity index (χ0v) is 20.0. The second-order valence-electron chi connectivity index (χ2n) is 8.34. The van der Waals surface area contributed by atoms with Crippen molar-refractivity contribution in [2.45, 2.75) is 0 Å². The number of nitrogens with zero attached hydrogens (tertiary/aromatic N) is 1. The van der Waals surface area contributed by atoms with Gasteiger partial charge in [-0.2, -0.15) is 0 Å². The SMILES string of the molecule is Brc1ccc2c(c1)c1cc(-c3cccc4c3sc3ccccc34)ccc1n2-c1ccccc1. The quantitative estimate of drug-likeness (QED) is 0.221. The minimum Gasteiger partial charge on any atom is -0.309 e. The van der Waals surface area contributed by atoms with Crippen molar-refractivity contribution in [3.8, 4) is 16.8 Å². The summed E-state index contributed by atoms with van der Waals surface area (Å²) in [7, 11) is 0. The Hall–Kier alpha value is -3.40. The van der Waals surface area contributed by atoms with Crippen LogP contribution in [0.2, 0.25) is 0 Å². The highest BCUT2D eigenvalue weighted by molar-refractivity contribution is 9.10. The van der Waals surface area contributed by atoms with Crippen LogP contribution in [-0.4, -0.2) is 4.57 Å². The van der Waals surface area contributed by atoms with Gasteiger partial charge in [-0.25, -0.2) is 0 Å². The molecule has 0 saturated heterocycles. The summed E-state index contributed by atoms with van der Waals surface area (Å²) in [6, 6.07) is 39.5. The Morgan fingerprint density at radius 2 is 1.30 bits per heavy atom. The van der Waals surface area contributed by atoms with E-state index in [1.165, 1.54) is 58.8 Å². The maximum Gasteiger partial charge on any atom is 0.0541 e. The van der Waals surface area contributed by atoms with E-state index in [-0.39, 0.29) is 0 Å². The zero-order chi connectivity index (χ0) is 21.9. The molecular formula is C30H18BrNS. The van der Waals surface area contributed by atoms with Crippen LogP contribution in [-0.2, 0) is 0 Å². The minimum absolute atomic E-state index is 1.10. The lowest BCUT2D eigenvalue weighted by molar-refractivity contribution is 1.18. The number of rotatable bonds is 2. The first-order valence-electron chi connectivity index (χ1n) is 11.0. The van der Waals surface area contributed by atoms with Gasteiger partial charge in [0.2, 0.25) is 0 Å². The van der Waals surface area contributed by atoms with Crippen molar-refractivity contribution in [1.82, 2.24) is 4.57 Å². The fraction of sp³-hybridized carbons (Fsp3) is 0. The van der Waals surface area contributed by atoms with Gasteiger partial charge in [-0.3, -0.25) is 0 Å². The Labute approximate surface area is 203 Å². The smallest absolute Gasteiger partial charge is 0.0541 e. The molecule has 0 aliphatic carbocycles. The highest BCUT2D eigenvalue weighted by atomic mass is 79.9. The van der Waals surface area contributed by atoms with Gasteiger partial charge in [-0.15, -0.1) is 11.3 Å². The second-order valence-corrected chi connectivity index (χ2v) is 10.3. The van der Waals surface area contributed by atoms with Gasteiger partial charge in [-0.1, -0.05) is 76.6 Å². The van der Waals surface area contributed by atoms with Crippen LogP contribution < -0.4 is 0 Å². The minimum atomic E-state index is 1.10. The van der Waals surface area contributed by atoms with Crippen LogP contribution in [0.5, 0.6) is 0 Å². The van der Waals surface area contributed by atoms with E-state index in [0.29, 0.717) is 0 Å². The summed E-state index contributed by atoms with van der Waals surface area (Å²) in [4.78, 5) is 0. The molecule has 0 aliphatic heterocycles. The van der Waals surface area contributed by atoms with E-state index < -0.39 is 0 Å². The van der Waals surface area contributed by atoms with Gasteiger partial charge in [0.05, 0.1) is 11.0 Å². The first-order chi connectivity index (χ1) is 16.3. The number of para-hydroxylation sites is 1. The fourth-order valence-electron chi connectivity index (χ4n) is 4.99. The molecule has 0 bridgehead atoms. The van der Waals surface area contributed by atoms with Crippen molar-refractivity contribution in [3.05, 3.63) is 114 Å². The maximum absolute atomic E-state index is 3.69. The van der Waals surface area contributed by atoms with E-state index in [2.05, 4.69) is 130 Å². The number of aromatic nitrogens is 1. The van der Waals surface area contributed by atoms with E-state index in [4.69, 9.17) is 0 Å². The Bertz CT molecular complexity index is 1830. The number of fused-ring (bicyclic) bond motifs is 6. The molecule has 0 aliphatic rings. The fourth-order valence-corrected chi connectivity index (χ4v) is 6.59. The normalized spacial score (nSPS) is 11.8. The summed E-state index contributed by atoms with van der Waals surface area (Å²) < 4.78 is 6.15. The first kappa shape index (κ1) is 19.1. The molecule has 0 fully saturated rings. The van der Waals surface area contributed by atoms with Crippen molar-refractivity contribution in [2.75, 3.05) is 0 Å². The molecule has 1 nitrogen and oxygen atoms in total. The zero-order valence-electron chi connectivity index (χ0n) is 17.6. The number of benzene rings is 5. The van der Waals surface area contributed by atoms with Gasteiger partial charge >= 0.3 is 0 Å². The molecule has 5 aromatic carbocycles. The monoisotopic (exact) mass is 503 g/mol. The lowest BCUT2D eigenvalue weighted by atomic mass is 10.0. The summed E-state index contributed by atoms with van der Waals surface area (Å²) in [5.41, 5.74) is 6.18. The van der Waals surface area contributed by atoms with Crippen LogP contribution in [0.3, 0.4) is 0 Å². The molecule has 0 unspecified atom stereocenters. The van der Waals surface area contributed by atoms with Crippen molar-refractivity contribution in [2.24, 2.45) is 0 Å². The maximum atomic E-state index is 3.69. The van der Waals surface area contributed by atoms with Crippen LogP contribution in [0.25, 0.3) is 58.8 Å². The number of halogens is 1. The average molecular weight is 504 g/mol. The predicted octanol–water partition coefficient (Wildman–Crippen LogP) is 9.58. The molecule has 2 aromatic heterocycles. The molecule has 0 N–H and O–H groups in total. The Morgan fingerprint density at radius 1 is 0.576 bits per heavy atom. The third-order valence-corrected chi connectivity index (χ3v) is 8.17. The topological polar surface area (TPSA) is 4.93 Å². The first-order valence-corrected chi connectivity index (χ1v) is 12.6. The molecule has 33 heavy (non-hydrogen) atoms. The van der Waals surface area contributed by atoms with Crippen LogP contribution in [0.15, 0.2) is 114 Å². The molecule has 156 valence electrons. The molecular weight excluding hydrogens is 486 g/mol. The van der Waals surface area contributed by atoms with Crippen molar-refractivity contribution in [3.63, 3.8) is 0 Å². The second kappa shape index (κ2) is 7.31. The third kappa shape index (κ3) is 2.90. The standard InChI is InChI=1S/C30H18BrNS/c31-20-14-16-28-26(18-20)25-17-19(13-15-27(25)32(28)21-7-2-1-3-8-21)22-10-6-11-24-23-9-4-5-12-29(23)33-30(22)24/h1-18H. The molecule has 0 atom stereocenters. The third-order valence-electron chi connectivity index (χ3n) is 6.46. The van der Waals surface area contributed by atoms with Crippen molar-refractivity contribution < 1.29 is 0 Å². The number of hydrogen-bond acceptors (Lipinski definition) is 1. The average Bonchev–Trinajstić information content (AvgIpc) is 3.39. The van der Waals surface area contributed by atoms with Crippen LogP contribution in [0, 0.1) is 0 Å². The van der Waals surface area contributed by atoms with Crippen molar-refractivity contribution in [1.29, 1.82) is 0 Å². The van der Waals surface area contributed by atoms with Gasteiger partial charge in [0.15, 0.2) is 0 Å². The van der Waals surface area contributed by atoms with E-state index in [1.54, 1.807) is 0 Å². The molecule has 0 amide bonds. The highest BCUT2D eigenvalue weighted by Gasteiger charge is 2.15. The van der Waals surface area contributed by atoms with Gasteiger partial charge in [0.25, 0.3) is 0 Å². The van der Waals surface area contributed by atoms with Gasteiger partial charge in [0, 0.05) is 41.1 Å². The molecule has 7 aromatic rings. The molecule has 3 heteroatoms.